The highest BCUT2D eigenvalue weighted by Gasteiger charge is 2.39. The Balaban J connectivity index is 2.41. The quantitative estimate of drug-likeness (QED) is 0.784. The van der Waals surface area contributed by atoms with Crippen molar-refractivity contribution in [2.75, 3.05) is 12.4 Å². The molecule has 2 unspecified atom stereocenters. The summed E-state index contributed by atoms with van der Waals surface area (Å²) in [6.45, 7) is 2.59. The van der Waals surface area contributed by atoms with E-state index >= 15 is 0 Å². The normalized spacial score (nSPS) is 25.5. The Hall–Kier alpha value is -0.100. The van der Waals surface area contributed by atoms with Gasteiger partial charge in [-0.1, -0.05) is 19.1 Å². The lowest BCUT2D eigenvalue weighted by atomic mass is 10.1. The number of hydrogen-bond acceptors (Lipinski definition) is 2. The minimum Gasteiger partial charge on any atom is -0.207 e. The largest absolute Gasteiger partial charge is 0.244 e. The van der Waals surface area contributed by atoms with Crippen molar-refractivity contribution >= 4 is 37.6 Å². The lowest BCUT2D eigenvalue weighted by Gasteiger charge is -2.24. The van der Waals surface area contributed by atoms with Crippen LogP contribution in [0.15, 0.2) is 33.6 Å². The standard InChI is InChI=1S/C12H15BrClNO2S/c1-9-6-7-15(11(9)8-14)18(16,17)12-5-3-2-4-10(12)13/h2-5,9,11H,6-8H2,1H3. The third-order valence-corrected chi connectivity index (χ3v) is 6.67. The maximum Gasteiger partial charge on any atom is 0.244 e. The molecule has 100 valence electrons. The molecule has 1 aromatic rings. The summed E-state index contributed by atoms with van der Waals surface area (Å²) in [5.74, 6) is 0.643. The van der Waals surface area contributed by atoms with Gasteiger partial charge in [0.15, 0.2) is 0 Å². The molecule has 6 heteroatoms. The maximum atomic E-state index is 12.6. The van der Waals surface area contributed by atoms with Crippen LogP contribution in [0.2, 0.25) is 0 Å². The van der Waals surface area contributed by atoms with E-state index in [1.165, 1.54) is 4.31 Å². The molecule has 0 saturated carbocycles. The van der Waals surface area contributed by atoms with Crippen LogP contribution in [-0.2, 0) is 10.0 Å². The number of hydrogen-bond donors (Lipinski definition) is 0. The number of benzene rings is 1. The molecule has 0 amide bonds. The Labute approximate surface area is 121 Å². The van der Waals surface area contributed by atoms with E-state index in [-0.39, 0.29) is 6.04 Å². The summed E-state index contributed by atoms with van der Waals surface area (Å²) in [7, 11) is -3.46. The first kappa shape index (κ1) is 14.3. The second-order valence-electron chi connectivity index (χ2n) is 4.53. The molecule has 2 atom stereocenters. The zero-order chi connectivity index (χ0) is 13.3. The Morgan fingerprint density at radius 3 is 2.72 bits per heavy atom. The van der Waals surface area contributed by atoms with Crippen molar-refractivity contribution in [1.29, 1.82) is 0 Å². The van der Waals surface area contributed by atoms with Gasteiger partial charge >= 0.3 is 0 Å². The van der Waals surface area contributed by atoms with E-state index in [0.717, 1.165) is 6.42 Å². The first-order valence-corrected chi connectivity index (χ1v) is 8.57. The molecule has 0 bridgehead atoms. The molecule has 0 radical (unpaired) electrons. The van der Waals surface area contributed by atoms with Crippen molar-refractivity contribution in [2.24, 2.45) is 5.92 Å². The summed E-state index contributed by atoms with van der Waals surface area (Å²) < 4.78 is 27.3. The molecule has 18 heavy (non-hydrogen) atoms. The van der Waals surface area contributed by atoms with E-state index in [1.54, 1.807) is 24.3 Å². The van der Waals surface area contributed by atoms with Crippen molar-refractivity contribution in [1.82, 2.24) is 4.31 Å². The van der Waals surface area contributed by atoms with Crippen LogP contribution in [0.1, 0.15) is 13.3 Å². The third kappa shape index (κ3) is 2.46. The van der Waals surface area contributed by atoms with Crippen molar-refractivity contribution < 1.29 is 8.42 Å². The van der Waals surface area contributed by atoms with E-state index in [2.05, 4.69) is 15.9 Å². The monoisotopic (exact) mass is 351 g/mol. The summed E-state index contributed by atoms with van der Waals surface area (Å²) in [4.78, 5) is 0.314. The van der Waals surface area contributed by atoms with Crippen LogP contribution in [-0.4, -0.2) is 31.2 Å². The first-order chi connectivity index (χ1) is 8.48. The van der Waals surface area contributed by atoms with Crippen molar-refractivity contribution in [3.63, 3.8) is 0 Å². The molecular weight excluding hydrogens is 338 g/mol. The molecule has 0 spiro atoms. The van der Waals surface area contributed by atoms with E-state index < -0.39 is 10.0 Å². The van der Waals surface area contributed by atoms with Gasteiger partial charge in [-0.2, -0.15) is 4.31 Å². The minimum absolute atomic E-state index is 0.108. The Bertz CT molecular complexity index is 535. The summed E-state index contributed by atoms with van der Waals surface area (Å²) in [5.41, 5.74) is 0. The van der Waals surface area contributed by atoms with Gasteiger partial charge in [0.05, 0.1) is 4.90 Å². The average molecular weight is 353 g/mol. The van der Waals surface area contributed by atoms with Crippen molar-refractivity contribution in [2.45, 2.75) is 24.3 Å². The van der Waals surface area contributed by atoms with Crippen LogP contribution >= 0.6 is 27.5 Å². The highest BCUT2D eigenvalue weighted by molar-refractivity contribution is 9.10. The molecule has 0 N–H and O–H groups in total. The maximum absolute atomic E-state index is 12.6. The zero-order valence-electron chi connectivity index (χ0n) is 10.0. The van der Waals surface area contributed by atoms with Crippen LogP contribution in [0.3, 0.4) is 0 Å². The van der Waals surface area contributed by atoms with E-state index in [4.69, 9.17) is 11.6 Å². The predicted octanol–water partition coefficient (Wildman–Crippen LogP) is 3.09. The van der Waals surface area contributed by atoms with Crippen molar-refractivity contribution in [3.05, 3.63) is 28.7 Å². The molecule has 1 saturated heterocycles. The van der Waals surface area contributed by atoms with Crippen molar-refractivity contribution in [3.8, 4) is 0 Å². The van der Waals surface area contributed by atoms with Crippen LogP contribution in [0.25, 0.3) is 0 Å². The predicted molar refractivity (Wildman–Crippen MR) is 76.3 cm³/mol. The second kappa shape index (κ2) is 5.49. The fourth-order valence-electron chi connectivity index (χ4n) is 2.28. The molecule has 1 fully saturated rings. The number of alkyl halides is 1. The highest BCUT2D eigenvalue weighted by atomic mass is 79.9. The lowest BCUT2D eigenvalue weighted by Crippen LogP contribution is -2.38. The smallest absolute Gasteiger partial charge is 0.207 e. The summed E-state index contributed by atoms with van der Waals surface area (Å²) >= 11 is 9.21. The third-order valence-electron chi connectivity index (χ3n) is 3.41. The molecular formula is C12H15BrClNO2S. The minimum atomic E-state index is -3.46. The fourth-order valence-corrected chi connectivity index (χ4v) is 5.53. The number of nitrogens with zero attached hydrogens (tertiary/aromatic N) is 1. The second-order valence-corrected chi connectivity index (χ2v) is 7.56. The van der Waals surface area contributed by atoms with Crippen LogP contribution in [0.4, 0.5) is 0 Å². The zero-order valence-corrected chi connectivity index (χ0v) is 13.2. The van der Waals surface area contributed by atoms with E-state index in [9.17, 15) is 8.42 Å². The van der Waals surface area contributed by atoms with Gasteiger partial charge in [-0.05, 0) is 40.4 Å². The molecule has 1 aromatic carbocycles. The molecule has 3 nitrogen and oxygen atoms in total. The highest BCUT2D eigenvalue weighted by Crippen LogP contribution is 2.33. The Morgan fingerprint density at radius 1 is 1.44 bits per heavy atom. The average Bonchev–Trinajstić information content (AvgIpc) is 2.71. The van der Waals surface area contributed by atoms with Gasteiger partial charge in [0.25, 0.3) is 0 Å². The summed E-state index contributed by atoms with van der Waals surface area (Å²) in [5, 5.41) is 0. The molecule has 1 aliphatic rings. The lowest BCUT2D eigenvalue weighted by molar-refractivity contribution is 0.375. The van der Waals surface area contributed by atoms with Gasteiger partial charge in [0.1, 0.15) is 0 Å². The topological polar surface area (TPSA) is 37.4 Å². The number of halogens is 2. The number of sulfonamides is 1. The molecule has 0 aliphatic carbocycles. The van der Waals surface area contributed by atoms with Crippen LogP contribution in [0.5, 0.6) is 0 Å². The Kier molecular flexibility index (Phi) is 4.36. The molecule has 0 aromatic heterocycles. The van der Waals surface area contributed by atoms with E-state index in [0.29, 0.717) is 27.7 Å². The fraction of sp³-hybridized carbons (Fsp3) is 0.500. The van der Waals surface area contributed by atoms with Gasteiger partial charge in [-0.25, -0.2) is 8.42 Å². The van der Waals surface area contributed by atoms with Crippen LogP contribution < -0.4 is 0 Å². The van der Waals surface area contributed by atoms with Gasteiger partial charge in [0.2, 0.25) is 10.0 Å². The van der Waals surface area contributed by atoms with Gasteiger partial charge < -0.3 is 0 Å². The SMILES string of the molecule is CC1CCN(S(=O)(=O)c2ccccc2Br)C1CCl. The Morgan fingerprint density at radius 2 is 2.11 bits per heavy atom. The summed E-state index contributed by atoms with van der Waals surface area (Å²) in [6.07, 6.45) is 0.862. The van der Waals surface area contributed by atoms with Gasteiger partial charge in [-0.15, -0.1) is 11.6 Å². The van der Waals surface area contributed by atoms with Gasteiger partial charge in [-0.3, -0.25) is 0 Å². The van der Waals surface area contributed by atoms with Crippen LogP contribution in [0, 0.1) is 5.92 Å². The molecule has 1 aliphatic heterocycles. The van der Waals surface area contributed by atoms with Gasteiger partial charge in [0, 0.05) is 22.9 Å². The van der Waals surface area contributed by atoms with E-state index in [1.807, 2.05) is 6.92 Å². The molecule has 2 rings (SSSR count). The summed E-state index contributed by atoms with van der Waals surface area (Å²) in [6, 6.07) is 6.78. The first-order valence-electron chi connectivity index (χ1n) is 5.81. The molecule has 1 heterocycles. The number of rotatable bonds is 3.